The number of thiazole rings is 1. The molecule has 0 aliphatic heterocycles. The van der Waals surface area contributed by atoms with Gasteiger partial charge in [0.05, 0.1) is 29.0 Å². The Bertz CT molecular complexity index is 895. The number of rotatable bonds is 3. The van der Waals surface area contributed by atoms with Crippen molar-refractivity contribution in [1.29, 1.82) is 0 Å². The van der Waals surface area contributed by atoms with Crippen molar-refractivity contribution in [3.05, 3.63) is 47.1 Å². The molecule has 2 aromatic heterocycles. The first-order valence-electron chi connectivity index (χ1n) is 7.73. The molecule has 6 heteroatoms. The molecule has 0 fully saturated rings. The van der Waals surface area contributed by atoms with E-state index in [2.05, 4.69) is 36.1 Å². The minimum Gasteiger partial charge on any atom is -0.397 e. The summed E-state index contributed by atoms with van der Waals surface area (Å²) in [6.45, 7) is 6.28. The number of nitrogen functional groups attached to an aromatic ring is 1. The predicted molar refractivity (Wildman–Crippen MR) is 99.3 cm³/mol. The Morgan fingerprint density at radius 3 is 2.71 bits per heavy atom. The normalized spacial score (nSPS) is 11.6. The quantitative estimate of drug-likeness (QED) is 0.712. The fourth-order valence-corrected chi connectivity index (χ4v) is 3.27. The van der Waals surface area contributed by atoms with Crippen molar-refractivity contribution in [1.82, 2.24) is 9.97 Å². The molecule has 0 unspecified atom stereocenters. The van der Waals surface area contributed by atoms with Gasteiger partial charge in [-0.25, -0.2) is 4.98 Å². The van der Waals surface area contributed by atoms with Crippen LogP contribution in [0.2, 0.25) is 0 Å². The molecule has 5 nitrogen and oxygen atoms in total. The van der Waals surface area contributed by atoms with Crippen molar-refractivity contribution >= 4 is 39.0 Å². The van der Waals surface area contributed by atoms with Gasteiger partial charge >= 0.3 is 0 Å². The van der Waals surface area contributed by atoms with Crippen molar-refractivity contribution in [2.24, 2.45) is 0 Å². The highest BCUT2D eigenvalue weighted by atomic mass is 32.1. The molecule has 2 heterocycles. The first-order chi connectivity index (χ1) is 11.3. The number of pyridine rings is 1. The van der Waals surface area contributed by atoms with Gasteiger partial charge in [-0.1, -0.05) is 39.0 Å². The predicted octanol–water partition coefficient (Wildman–Crippen LogP) is 3.75. The smallest absolute Gasteiger partial charge is 0.232 e. The molecule has 0 atom stereocenters. The zero-order valence-electron chi connectivity index (χ0n) is 14.0. The third-order valence-electron chi connectivity index (χ3n) is 3.67. The molecule has 0 saturated heterocycles. The van der Waals surface area contributed by atoms with Crippen LogP contribution in [0.1, 0.15) is 32.2 Å². The summed E-state index contributed by atoms with van der Waals surface area (Å²) >= 11 is 1.44. The first kappa shape index (κ1) is 16.4. The highest BCUT2D eigenvalue weighted by Crippen LogP contribution is 2.26. The van der Waals surface area contributed by atoms with Crippen molar-refractivity contribution in [3.8, 4) is 0 Å². The largest absolute Gasteiger partial charge is 0.397 e. The number of nitrogens with zero attached hydrogens (tertiary/aromatic N) is 2. The maximum absolute atomic E-state index is 12.2. The SMILES string of the molecule is CC(C)(C)c1csc(NC(=O)Cc2ccc3cccc(N)c3n2)n1. The summed E-state index contributed by atoms with van der Waals surface area (Å²) in [4.78, 5) is 21.2. The van der Waals surface area contributed by atoms with Crippen LogP contribution in [0.5, 0.6) is 0 Å². The average molecular weight is 340 g/mol. The molecule has 3 N–H and O–H groups in total. The molecule has 0 saturated carbocycles. The van der Waals surface area contributed by atoms with Crippen LogP contribution in [-0.4, -0.2) is 15.9 Å². The van der Waals surface area contributed by atoms with Gasteiger partial charge in [0.2, 0.25) is 5.91 Å². The molecule has 0 bridgehead atoms. The van der Waals surface area contributed by atoms with E-state index < -0.39 is 0 Å². The standard InChI is InChI=1S/C18H20N4OS/c1-18(2,3)14-10-24-17(21-14)22-15(23)9-12-8-7-11-5-4-6-13(19)16(11)20-12/h4-8,10H,9,19H2,1-3H3,(H,21,22,23). The number of carbonyl (C=O) groups is 1. The van der Waals surface area contributed by atoms with E-state index in [1.807, 2.05) is 35.7 Å². The Morgan fingerprint density at radius 2 is 2.00 bits per heavy atom. The topological polar surface area (TPSA) is 80.9 Å². The average Bonchev–Trinajstić information content (AvgIpc) is 2.96. The maximum Gasteiger partial charge on any atom is 0.232 e. The summed E-state index contributed by atoms with van der Waals surface area (Å²) in [5.74, 6) is -0.133. The third-order valence-corrected chi connectivity index (χ3v) is 4.43. The van der Waals surface area contributed by atoms with Crippen LogP contribution < -0.4 is 11.1 Å². The van der Waals surface area contributed by atoms with Gasteiger partial charge in [-0.3, -0.25) is 9.78 Å². The number of fused-ring (bicyclic) bond motifs is 1. The van der Waals surface area contributed by atoms with E-state index in [1.54, 1.807) is 0 Å². The van der Waals surface area contributed by atoms with Crippen LogP contribution >= 0.6 is 11.3 Å². The lowest BCUT2D eigenvalue weighted by Crippen LogP contribution is -2.16. The lowest BCUT2D eigenvalue weighted by Gasteiger charge is -2.14. The van der Waals surface area contributed by atoms with Crippen LogP contribution in [0.25, 0.3) is 10.9 Å². The fraction of sp³-hybridized carbons (Fsp3) is 0.278. The fourth-order valence-electron chi connectivity index (χ4n) is 2.31. The molecular formula is C18H20N4OS. The maximum atomic E-state index is 12.2. The van der Waals surface area contributed by atoms with Gasteiger partial charge in [0.1, 0.15) is 0 Å². The number of benzene rings is 1. The van der Waals surface area contributed by atoms with Crippen molar-refractivity contribution < 1.29 is 4.79 Å². The molecule has 24 heavy (non-hydrogen) atoms. The Balaban J connectivity index is 1.73. The summed E-state index contributed by atoms with van der Waals surface area (Å²) in [5, 5.41) is 6.40. The van der Waals surface area contributed by atoms with Crippen molar-refractivity contribution in [3.63, 3.8) is 0 Å². The van der Waals surface area contributed by atoms with E-state index in [9.17, 15) is 4.79 Å². The highest BCUT2D eigenvalue weighted by molar-refractivity contribution is 7.13. The van der Waals surface area contributed by atoms with E-state index >= 15 is 0 Å². The van der Waals surface area contributed by atoms with Gasteiger partial charge < -0.3 is 11.1 Å². The number of hydrogen-bond donors (Lipinski definition) is 2. The molecule has 0 spiro atoms. The Morgan fingerprint density at radius 1 is 1.21 bits per heavy atom. The van der Waals surface area contributed by atoms with Crippen LogP contribution in [0.15, 0.2) is 35.7 Å². The summed E-state index contributed by atoms with van der Waals surface area (Å²) in [5.41, 5.74) is 8.92. The van der Waals surface area contributed by atoms with Gasteiger partial charge in [-0.15, -0.1) is 11.3 Å². The second kappa shape index (κ2) is 6.20. The Kier molecular flexibility index (Phi) is 4.24. The lowest BCUT2D eigenvalue weighted by atomic mass is 9.93. The monoisotopic (exact) mass is 340 g/mol. The lowest BCUT2D eigenvalue weighted by molar-refractivity contribution is -0.115. The van der Waals surface area contributed by atoms with E-state index in [1.165, 1.54) is 11.3 Å². The van der Waals surface area contributed by atoms with E-state index in [4.69, 9.17) is 5.73 Å². The van der Waals surface area contributed by atoms with E-state index in [0.29, 0.717) is 16.5 Å². The summed E-state index contributed by atoms with van der Waals surface area (Å²) in [6, 6.07) is 9.43. The second-order valence-electron chi connectivity index (χ2n) is 6.73. The van der Waals surface area contributed by atoms with Crippen LogP contribution in [0.3, 0.4) is 0 Å². The van der Waals surface area contributed by atoms with Crippen LogP contribution in [0, 0.1) is 0 Å². The number of amides is 1. The minimum atomic E-state index is -0.133. The number of para-hydroxylation sites is 1. The van der Waals surface area contributed by atoms with Crippen molar-refractivity contribution in [2.75, 3.05) is 11.1 Å². The number of anilines is 2. The molecule has 1 amide bonds. The highest BCUT2D eigenvalue weighted by Gasteiger charge is 2.18. The third kappa shape index (κ3) is 3.54. The Hall–Kier alpha value is -2.47. The van der Waals surface area contributed by atoms with Crippen molar-refractivity contribution in [2.45, 2.75) is 32.6 Å². The van der Waals surface area contributed by atoms with Gasteiger partial charge in [0.15, 0.2) is 5.13 Å². The van der Waals surface area contributed by atoms with Crippen LogP contribution in [-0.2, 0) is 16.6 Å². The Labute approximate surface area is 144 Å². The van der Waals surface area contributed by atoms with Gasteiger partial charge in [-0.05, 0) is 12.1 Å². The van der Waals surface area contributed by atoms with E-state index in [0.717, 1.165) is 16.6 Å². The minimum absolute atomic E-state index is 0.0308. The summed E-state index contributed by atoms with van der Waals surface area (Å²) < 4.78 is 0. The van der Waals surface area contributed by atoms with Gasteiger partial charge in [0, 0.05) is 16.2 Å². The summed E-state index contributed by atoms with van der Waals surface area (Å²) in [6.07, 6.45) is 0.189. The number of carbonyl (C=O) groups excluding carboxylic acids is 1. The molecule has 3 rings (SSSR count). The number of aromatic nitrogens is 2. The molecule has 0 aliphatic carbocycles. The molecule has 124 valence electrons. The van der Waals surface area contributed by atoms with Gasteiger partial charge in [0.25, 0.3) is 0 Å². The molecule has 0 radical (unpaired) electrons. The van der Waals surface area contributed by atoms with E-state index in [-0.39, 0.29) is 17.7 Å². The zero-order valence-corrected chi connectivity index (χ0v) is 14.8. The second-order valence-corrected chi connectivity index (χ2v) is 7.59. The van der Waals surface area contributed by atoms with Gasteiger partial charge in [-0.2, -0.15) is 0 Å². The number of nitrogens with two attached hydrogens (primary N) is 1. The van der Waals surface area contributed by atoms with Crippen LogP contribution in [0.4, 0.5) is 10.8 Å². The summed E-state index contributed by atoms with van der Waals surface area (Å²) in [7, 11) is 0. The molecule has 1 aromatic carbocycles. The molecule has 3 aromatic rings. The number of hydrogen-bond acceptors (Lipinski definition) is 5. The number of nitrogens with one attached hydrogen (secondary N) is 1. The molecule has 0 aliphatic rings. The first-order valence-corrected chi connectivity index (χ1v) is 8.61. The zero-order chi connectivity index (χ0) is 17.3. The molecular weight excluding hydrogens is 320 g/mol.